The molecular formula is C9H9N3O. The van der Waals surface area contributed by atoms with E-state index in [0.29, 0.717) is 5.84 Å². The second kappa shape index (κ2) is 2.97. The number of nitrogens with one attached hydrogen (secondary N) is 1. The molecule has 2 rings (SSSR count). The van der Waals surface area contributed by atoms with Crippen molar-refractivity contribution >= 4 is 11.7 Å². The molecule has 0 aliphatic carbocycles. The summed E-state index contributed by atoms with van der Waals surface area (Å²) in [7, 11) is 0. The molecular weight excluding hydrogens is 166 g/mol. The van der Waals surface area contributed by atoms with Crippen molar-refractivity contribution < 1.29 is 4.79 Å². The monoisotopic (exact) mass is 175 g/mol. The summed E-state index contributed by atoms with van der Waals surface area (Å²) in [5, 5.41) is 2.65. The summed E-state index contributed by atoms with van der Waals surface area (Å²) < 4.78 is 0. The minimum absolute atomic E-state index is 0.0710. The summed E-state index contributed by atoms with van der Waals surface area (Å²) in [6, 6.07) is 3.80. The number of amides is 1. The average Bonchev–Trinajstić information content (AvgIpc) is 2.52. The van der Waals surface area contributed by atoms with Crippen molar-refractivity contribution in [2.24, 2.45) is 4.99 Å². The lowest BCUT2D eigenvalue weighted by Crippen LogP contribution is -2.25. The third-order valence-electron chi connectivity index (χ3n) is 1.80. The first-order valence-corrected chi connectivity index (χ1v) is 4.03. The first-order valence-electron chi connectivity index (χ1n) is 4.03. The predicted octanol–water partition coefficient (Wildman–Crippen LogP) is 0.266. The molecule has 2 heterocycles. The van der Waals surface area contributed by atoms with Gasteiger partial charge in [0.25, 0.3) is 0 Å². The Labute approximate surface area is 75.7 Å². The predicted molar refractivity (Wildman–Crippen MR) is 48.5 cm³/mol. The molecule has 0 aromatic carbocycles. The van der Waals surface area contributed by atoms with E-state index in [4.69, 9.17) is 0 Å². The molecule has 13 heavy (non-hydrogen) atoms. The van der Waals surface area contributed by atoms with Gasteiger partial charge in [-0.15, -0.1) is 0 Å². The molecule has 1 aliphatic rings. The zero-order valence-corrected chi connectivity index (χ0v) is 7.24. The number of carbonyl (C=O) groups excluding carboxylic acids is 1. The number of pyridine rings is 1. The number of hydrogen-bond donors (Lipinski definition) is 1. The van der Waals surface area contributed by atoms with Gasteiger partial charge in [0, 0.05) is 6.20 Å². The lowest BCUT2D eigenvalue weighted by atomic mass is 10.2. The van der Waals surface area contributed by atoms with Crippen molar-refractivity contribution in [2.45, 2.75) is 6.92 Å². The Morgan fingerprint density at radius 2 is 2.38 bits per heavy atom. The molecule has 0 saturated heterocycles. The van der Waals surface area contributed by atoms with Crippen LogP contribution in [0.25, 0.3) is 0 Å². The SMILES string of the molecule is Cc1ccnc(C2=NCC(=O)N2)c1. The standard InChI is InChI=1S/C9H9N3O/c1-6-2-3-10-7(4-6)9-11-5-8(13)12-9/h2-4H,5H2,1H3,(H,11,12,13). The Morgan fingerprint density at radius 3 is 3.00 bits per heavy atom. The molecule has 4 nitrogen and oxygen atoms in total. The van der Waals surface area contributed by atoms with Gasteiger partial charge in [0.2, 0.25) is 5.91 Å². The molecule has 0 radical (unpaired) electrons. The highest BCUT2D eigenvalue weighted by atomic mass is 16.2. The number of aromatic nitrogens is 1. The molecule has 1 N–H and O–H groups in total. The Bertz CT molecular complexity index is 384. The van der Waals surface area contributed by atoms with Gasteiger partial charge in [0.1, 0.15) is 12.2 Å². The fraction of sp³-hybridized carbons (Fsp3) is 0.222. The molecule has 0 atom stereocenters. The molecule has 0 spiro atoms. The fourth-order valence-electron chi connectivity index (χ4n) is 1.17. The first-order chi connectivity index (χ1) is 6.25. The van der Waals surface area contributed by atoms with Crippen molar-refractivity contribution in [3.63, 3.8) is 0 Å². The van der Waals surface area contributed by atoms with Crippen LogP contribution in [0.15, 0.2) is 23.3 Å². The van der Waals surface area contributed by atoms with Crippen molar-refractivity contribution in [2.75, 3.05) is 6.54 Å². The van der Waals surface area contributed by atoms with Crippen LogP contribution >= 0.6 is 0 Å². The molecule has 1 amide bonds. The number of aryl methyl sites for hydroxylation is 1. The maximum Gasteiger partial charge on any atom is 0.247 e. The highest BCUT2D eigenvalue weighted by molar-refractivity contribution is 6.11. The van der Waals surface area contributed by atoms with Gasteiger partial charge >= 0.3 is 0 Å². The lowest BCUT2D eigenvalue weighted by Gasteiger charge is -2.00. The third kappa shape index (κ3) is 1.56. The summed E-state index contributed by atoms with van der Waals surface area (Å²) in [6.45, 7) is 2.19. The molecule has 1 aromatic heterocycles. The number of aliphatic imine (C=N–C) groups is 1. The van der Waals surface area contributed by atoms with Crippen molar-refractivity contribution in [3.05, 3.63) is 29.6 Å². The summed E-state index contributed by atoms with van der Waals surface area (Å²) in [5.41, 5.74) is 1.83. The number of amidine groups is 1. The van der Waals surface area contributed by atoms with Gasteiger partial charge in [-0.1, -0.05) is 0 Å². The van der Waals surface area contributed by atoms with Gasteiger partial charge < -0.3 is 5.32 Å². The molecule has 1 aromatic rings. The van der Waals surface area contributed by atoms with E-state index in [1.54, 1.807) is 6.20 Å². The van der Waals surface area contributed by atoms with Gasteiger partial charge in [0.05, 0.1) is 0 Å². The van der Waals surface area contributed by atoms with E-state index >= 15 is 0 Å². The largest absolute Gasteiger partial charge is 0.308 e. The minimum Gasteiger partial charge on any atom is -0.308 e. The van der Waals surface area contributed by atoms with E-state index in [9.17, 15) is 4.79 Å². The first kappa shape index (κ1) is 7.91. The van der Waals surface area contributed by atoms with Gasteiger partial charge in [-0.25, -0.2) is 0 Å². The topological polar surface area (TPSA) is 54.4 Å². The van der Waals surface area contributed by atoms with Crippen LogP contribution in [0.3, 0.4) is 0 Å². The normalized spacial score (nSPS) is 15.5. The second-order valence-corrected chi connectivity index (χ2v) is 2.93. The minimum atomic E-state index is -0.0710. The summed E-state index contributed by atoms with van der Waals surface area (Å²) in [4.78, 5) is 19.0. The highest BCUT2D eigenvalue weighted by Gasteiger charge is 2.15. The average molecular weight is 175 g/mol. The molecule has 0 saturated carbocycles. The fourth-order valence-corrected chi connectivity index (χ4v) is 1.17. The Morgan fingerprint density at radius 1 is 1.54 bits per heavy atom. The van der Waals surface area contributed by atoms with Crippen LogP contribution in [0.2, 0.25) is 0 Å². The summed E-state index contributed by atoms with van der Waals surface area (Å²) in [5.74, 6) is 0.506. The van der Waals surface area contributed by atoms with Crippen LogP contribution in [0.5, 0.6) is 0 Å². The zero-order valence-electron chi connectivity index (χ0n) is 7.24. The summed E-state index contributed by atoms with van der Waals surface area (Å²) >= 11 is 0. The Hall–Kier alpha value is -1.71. The third-order valence-corrected chi connectivity index (χ3v) is 1.80. The van der Waals surface area contributed by atoms with Gasteiger partial charge in [-0.3, -0.25) is 14.8 Å². The molecule has 0 fully saturated rings. The van der Waals surface area contributed by atoms with Crippen molar-refractivity contribution in [1.29, 1.82) is 0 Å². The van der Waals surface area contributed by atoms with Crippen LogP contribution in [-0.4, -0.2) is 23.3 Å². The quantitative estimate of drug-likeness (QED) is 0.666. The van der Waals surface area contributed by atoms with Crippen LogP contribution in [0, 0.1) is 6.92 Å². The van der Waals surface area contributed by atoms with E-state index in [0.717, 1.165) is 11.3 Å². The van der Waals surface area contributed by atoms with E-state index in [1.807, 2.05) is 19.1 Å². The summed E-state index contributed by atoms with van der Waals surface area (Å²) in [6.07, 6.45) is 1.71. The molecule has 0 bridgehead atoms. The maximum atomic E-state index is 10.9. The van der Waals surface area contributed by atoms with Crippen LogP contribution in [0.1, 0.15) is 11.3 Å². The van der Waals surface area contributed by atoms with Crippen LogP contribution < -0.4 is 5.32 Å². The zero-order chi connectivity index (χ0) is 9.26. The highest BCUT2D eigenvalue weighted by Crippen LogP contribution is 2.02. The molecule has 0 unspecified atom stereocenters. The number of hydrogen-bond acceptors (Lipinski definition) is 3. The number of carbonyl (C=O) groups is 1. The van der Waals surface area contributed by atoms with Gasteiger partial charge in [-0.2, -0.15) is 0 Å². The second-order valence-electron chi connectivity index (χ2n) is 2.93. The van der Waals surface area contributed by atoms with E-state index in [2.05, 4.69) is 15.3 Å². The Balaban J connectivity index is 2.31. The van der Waals surface area contributed by atoms with Crippen LogP contribution in [-0.2, 0) is 4.79 Å². The molecule has 1 aliphatic heterocycles. The molecule has 4 heteroatoms. The van der Waals surface area contributed by atoms with E-state index in [-0.39, 0.29) is 12.5 Å². The number of rotatable bonds is 1. The molecule has 66 valence electrons. The van der Waals surface area contributed by atoms with Gasteiger partial charge in [-0.05, 0) is 24.6 Å². The van der Waals surface area contributed by atoms with E-state index in [1.165, 1.54) is 0 Å². The van der Waals surface area contributed by atoms with Crippen molar-refractivity contribution in [1.82, 2.24) is 10.3 Å². The van der Waals surface area contributed by atoms with E-state index < -0.39 is 0 Å². The Kier molecular flexibility index (Phi) is 1.81. The van der Waals surface area contributed by atoms with Crippen LogP contribution in [0.4, 0.5) is 0 Å². The lowest BCUT2D eigenvalue weighted by molar-refractivity contribution is -0.117. The van der Waals surface area contributed by atoms with Gasteiger partial charge in [0.15, 0.2) is 5.84 Å². The smallest absolute Gasteiger partial charge is 0.247 e. The number of nitrogens with zero attached hydrogens (tertiary/aromatic N) is 2. The van der Waals surface area contributed by atoms with Crippen molar-refractivity contribution in [3.8, 4) is 0 Å². The maximum absolute atomic E-state index is 10.9.